The first kappa shape index (κ1) is 11.5. The molecule has 5 N–H and O–H groups in total. The molecule has 0 fully saturated rings. The smallest absolute Gasteiger partial charge is 0.404 e. The number of carbonyl (C=O) groups excluding carboxylic acids is 1. The third kappa shape index (κ3) is 3.98. The molecule has 7 nitrogen and oxygen atoms in total. The number of amides is 1. The Labute approximate surface area is 94.3 Å². The molecule has 0 aliphatic rings. The molecule has 0 unspecified atom stereocenters. The fraction of sp³-hybridized carbons (Fsp3) is 0.286. The summed E-state index contributed by atoms with van der Waals surface area (Å²) in [6.45, 7) is 0.545. The first-order valence-corrected chi connectivity index (χ1v) is 4.83. The maximum atomic E-state index is 10.2. The largest absolute Gasteiger partial charge is 0.448 e. The van der Waals surface area contributed by atoms with E-state index in [0.717, 1.165) is 0 Å². The SMILES string of the molecule is NC(=O)OCCNc1nc(N)ncc1Br. The van der Waals surface area contributed by atoms with E-state index in [1.54, 1.807) is 0 Å². The highest BCUT2D eigenvalue weighted by Crippen LogP contribution is 2.18. The van der Waals surface area contributed by atoms with E-state index in [9.17, 15) is 4.79 Å². The molecule has 8 heteroatoms. The highest BCUT2D eigenvalue weighted by Gasteiger charge is 2.02. The fourth-order valence-electron chi connectivity index (χ4n) is 0.826. The summed E-state index contributed by atoms with van der Waals surface area (Å²) < 4.78 is 5.20. The molecular formula is C7H10BrN5O2. The number of anilines is 2. The van der Waals surface area contributed by atoms with Crippen LogP contribution >= 0.6 is 15.9 Å². The molecule has 0 bridgehead atoms. The Balaban J connectivity index is 2.43. The number of rotatable bonds is 4. The number of nitrogens with one attached hydrogen (secondary N) is 1. The normalized spacial score (nSPS) is 9.67. The molecule has 15 heavy (non-hydrogen) atoms. The van der Waals surface area contributed by atoms with Gasteiger partial charge in [-0.25, -0.2) is 9.78 Å². The van der Waals surface area contributed by atoms with Gasteiger partial charge in [-0.05, 0) is 15.9 Å². The van der Waals surface area contributed by atoms with Crippen LogP contribution in [0.25, 0.3) is 0 Å². The molecule has 0 saturated carbocycles. The van der Waals surface area contributed by atoms with Crippen molar-refractivity contribution in [2.45, 2.75) is 0 Å². The van der Waals surface area contributed by atoms with E-state index in [4.69, 9.17) is 11.5 Å². The van der Waals surface area contributed by atoms with Gasteiger partial charge in [-0.15, -0.1) is 0 Å². The summed E-state index contributed by atoms with van der Waals surface area (Å²) >= 11 is 3.24. The summed E-state index contributed by atoms with van der Waals surface area (Å²) in [5, 5.41) is 2.90. The maximum absolute atomic E-state index is 10.2. The van der Waals surface area contributed by atoms with Crippen LogP contribution in [0, 0.1) is 0 Å². The van der Waals surface area contributed by atoms with Crippen LogP contribution in [-0.4, -0.2) is 29.2 Å². The van der Waals surface area contributed by atoms with E-state index in [1.807, 2.05) is 0 Å². The van der Waals surface area contributed by atoms with Gasteiger partial charge >= 0.3 is 6.09 Å². The van der Waals surface area contributed by atoms with Crippen LogP contribution in [0.15, 0.2) is 10.7 Å². The highest BCUT2D eigenvalue weighted by molar-refractivity contribution is 9.10. The predicted molar refractivity (Wildman–Crippen MR) is 58.2 cm³/mol. The van der Waals surface area contributed by atoms with Crippen LogP contribution in [0.5, 0.6) is 0 Å². The second-order valence-corrected chi connectivity index (χ2v) is 3.37. The van der Waals surface area contributed by atoms with Gasteiger partial charge in [0.1, 0.15) is 12.4 Å². The topological polar surface area (TPSA) is 116 Å². The molecular weight excluding hydrogens is 266 g/mol. The summed E-state index contributed by atoms with van der Waals surface area (Å²) in [5.41, 5.74) is 10.2. The van der Waals surface area contributed by atoms with Gasteiger partial charge in [-0.3, -0.25) is 0 Å². The standard InChI is InChI=1S/C7H10BrN5O2/c8-4-3-12-6(9)13-5(4)11-1-2-15-7(10)14/h3H,1-2H2,(H2,10,14)(H3,9,11,12,13). The quantitative estimate of drug-likeness (QED) is 0.682. The first-order valence-electron chi connectivity index (χ1n) is 4.03. The molecule has 0 aromatic carbocycles. The number of primary amides is 1. The van der Waals surface area contributed by atoms with Crippen molar-refractivity contribution in [3.8, 4) is 0 Å². The van der Waals surface area contributed by atoms with Crippen molar-refractivity contribution in [2.24, 2.45) is 5.73 Å². The van der Waals surface area contributed by atoms with Crippen LogP contribution in [0.4, 0.5) is 16.6 Å². The highest BCUT2D eigenvalue weighted by atomic mass is 79.9. The molecule has 1 aromatic heterocycles. The van der Waals surface area contributed by atoms with Gasteiger partial charge in [-0.1, -0.05) is 0 Å². The number of nitrogen functional groups attached to an aromatic ring is 1. The average molecular weight is 276 g/mol. The van der Waals surface area contributed by atoms with Crippen molar-refractivity contribution in [1.82, 2.24) is 9.97 Å². The van der Waals surface area contributed by atoms with Gasteiger partial charge in [0, 0.05) is 6.20 Å². The second-order valence-electron chi connectivity index (χ2n) is 2.52. The maximum Gasteiger partial charge on any atom is 0.404 e. The predicted octanol–water partition coefficient (Wildman–Crippen LogP) is 0.329. The number of hydrogen-bond acceptors (Lipinski definition) is 6. The zero-order valence-electron chi connectivity index (χ0n) is 7.74. The van der Waals surface area contributed by atoms with E-state index in [0.29, 0.717) is 16.8 Å². The molecule has 0 spiro atoms. The second kappa shape index (κ2) is 5.35. The lowest BCUT2D eigenvalue weighted by molar-refractivity contribution is 0.161. The van der Waals surface area contributed by atoms with Gasteiger partial charge in [-0.2, -0.15) is 4.98 Å². The molecule has 0 aliphatic carbocycles. The Morgan fingerprint density at radius 3 is 3.07 bits per heavy atom. The number of ether oxygens (including phenoxy) is 1. The van der Waals surface area contributed by atoms with Crippen LogP contribution < -0.4 is 16.8 Å². The lowest BCUT2D eigenvalue weighted by Gasteiger charge is -2.07. The van der Waals surface area contributed by atoms with Crippen molar-refractivity contribution >= 4 is 33.8 Å². The van der Waals surface area contributed by atoms with Crippen molar-refractivity contribution in [2.75, 3.05) is 24.2 Å². The molecule has 1 rings (SSSR count). The van der Waals surface area contributed by atoms with E-state index in [-0.39, 0.29) is 12.6 Å². The number of nitrogens with zero attached hydrogens (tertiary/aromatic N) is 2. The van der Waals surface area contributed by atoms with E-state index < -0.39 is 6.09 Å². The lowest BCUT2D eigenvalue weighted by atomic mass is 10.5. The molecule has 0 aliphatic heterocycles. The third-order valence-corrected chi connectivity index (χ3v) is 1.98. The molecule has 0 radical (unpaired) electrons. The van der Waals surface area contributed by atoms with E-state index >= 15 is 0 Å². The third-order valence-electron chi connectivity index (χ3n) is 1.40. The number of halogens is 1. The zero-order valence-corrected chi connectivity index (χ0v) is 9.32. The Bertz CT molecular complexity index is 359. The summed E-state index contributed by atoms with van der Waals surface area (Å²) in [6.07, 6.45) is 0.720. The van der Waals surface area contributed by atoms with Crippen molar-refractivity contribution in [1.29, 1.82) is 0 Å². The van der Waals surface area contributed by atoms with Crippen LogP contribution in [-0.2, 0) is 4.74 Å². The lowest BCUT2D eigenvalue weighted by Crippen LogP contribution is -2.19. The van der Waals surface area contributed by atoms with Gasteiger partial charge in [0.05, 0.1) is 11.0 Å². The van der Waals surface area contributed by atoms with Crippen molar-refractivity contribution in [3.05, 3.63) is 10.7 Å². The number of aromatic nitrogens is 2. The van der Waals surface area contributed by atoms with E-state index in [2.05, 4.69) is 36.0 Å². The van der Waals surface area contributed by atoms with E-state index in [1.165, 1.54) is 6.20 Å². The van der Waals surface area contributed by atoms with Crippen molar-refractivity contribution in [3.63, 3.8) is 0 Å². The minimum atomic E-state index is -0.807. The van der Waals surface area contributed by atoms with Crippen molar-refractivity contribution < 1.29 is 9.53 Å². The molecule has 1 aromatic rings. The Morgan fingerprint density at radius 2 is 2.40 bits per heavy atom. The number of carbonyl (C=O) groups is 1. The van der Waals surface area contributed by atoms with Crippen LogP contribution in [0.1, 0.15) is 0 Å². The molecule has 1 heterocycles. The summed E-state index contributed by atoms with van der Waals surface area (Å²) in [7, 11) is 0. The van der Waals surface area contributed by atoms with Gasteiger partial charge in [0.15, 0.2) is 0 Å². The summed E-state index contributed by atoms with van der Waals surface area (Å²) in [5.74, 6) is 0.701. The van der Waals surface area contributed by atoms with Gasteiger partial charge < -0.3 is 21.5 Å². The minimum Gasteiger partial charge on any atom is -0.448 e. The Kier molecular flexibility index (Phi) is 4.10. The first-order chi connectivity index (χ1) is 7.09. The minimum absolute atomic E-state index is 0.158. The average Bonchev–Trinajstić information content (AvgIpc) is 2.17. The molecule has 1 amide bonds. The van der Waals surface area contributed by atoms with Crippen LogP contribution in [0.2, 0.25) is 0 Å². The van der Waals surface area contributed by atoms with Gasteiger partial charge in [0.25, 0.3) is 0 Å². The number of nitrogens with two attached hydrogens (primary N) is 2. The summed E-state index contributed by atoms with van der Waals surface area (Å²) in [6, 6.07) is 0. The molecule has 0 atom stereocenters. The molecule has 82 valence electrons. The fourth-order valence-corrected chi connectivity index (χ4v) is 1.16. The number of hydrogen-bond donors (Lipinski definition) is 3. The Morgan fingerprint density at radius 1 is 1.67 bits per heavy atom. The summed E-state index contributed by atoms with van der Waals surface area (Å²) in [4.78, 5) is 17.9. The van der Waals surface area contributed by atoms with Gasteiger partial charge in [0.2, 0.25) is 5.95 Å². The monoisotopic (exact) mass is 275 g/mol. The molecule has 0 saturated heterocycles. The Hall–Kier alpha value is -1.57. The zero-order chi connectivity index (χ0) is 11.3. The van der Waals surface area contributed by atoms with Crippen LogP contribution in [0.3, 0.4) is 0 Å².